The van der Waals surface area contributed by atoms with Gasteiger partial charge < -0.3 is 20.2 Å². The predicted octanol–water partition coefficient (Wildman–Crippen LogP) is 2.27. The molecule has 0 unspecified atom stereocenters. The minimum Gasteiger partial charge on any atom is -0.361 e. The number of pyridine rings is 1. The van der Waals surface area contributed by atoms with Crippen molar-refractivity contribution < 1.29 is 9.59 Å². The highest BCUT2D eigenvalue weighted by atomic mass is 16.2. The Morgan fingerprint density at radius 3 is 2.76 bits per heavy atom. The van der Waals surface area contributed by atoms with Gasteiger partial charge in [-0.2, -0.15) is 0 Å². The number of aromatic nitrogens is 2. The number of carbonyl (C=O) groups excluding carboxylic acids is 2. The van der Waals surface area contributed by atoms with Crippen LogP contribution in [-0.4, -0.2) is 34.0 Å². The number of fused-ring (bicyclic) bond motifs is 1. The van der Waals surface area contributed by atoms with Crippen LogP contribution in [-0.2, 0) is 6.54 Å². The summed E-state index contributed by atoms with van der Waals surface area (Å²) in [5.41, 5.74) is 1.77. The third kappa shape index (κ3) is 3.81. The highest BCUT2D eigenvalue weighted by Gasteiger charge is 2.34. The molecule has 0 bridgehead atoms. The van der Waals surface area contributed by atoms with E-state index in [1.54, 1.807) is 13.1 Å². The first-order valence-electron chi connectivity index (χ1n) is 9.86. The summed E-state index contributed by atoms with van der Waals surface area (Å²) < 4.78 is 1.44. The van der Waals surface area contributed by atoms with Crippen molar-refractivity contribution in [2.45, 2.75) is 32.9 Å². The lowest BCUT2D eigenvalue weighted by atomic mass is 10.1. The zero-order valence-corrected chi connectivity index (χ0v) is 16.5. The average Bonchev–Trinajstić information content (AvgIpc) is 3.17. The Kier molecular flexibility index (Phi) is 4.96. The third-order valence-electron chi connectivity index (χ3n) is 5.38. The summed E-state index contributed by atoms with van der Waals surface area (Å²) in [4.78, 5) is 41.3. The highest BCUT2D eigenvalue weighted by molar-refractivity contribution is 5.99. The van der Waals surface area contributed by atoms with E-state index in [4.69, 9.17) is 0 Å². The zero-order chi connectivity index (χ0) is 20.5. The Labute approximate surface area is 168 Å². The van der Waals surface area contributed by atoms with Gasteiger partial charge in [-0.1, -0.05) is 19.1 Å². The Balaban J connectivity index is 1.74. The van der Waals surface area contributed by atoms with Crippen LogP contribution in [0, 0.1) is 5.92 Å². The first-order valence-corrected chi connectivity index (χ1v) is 9.86. The first-order chi connectivity index (χ1) is 14.0. The Morgan fingerprint density at radius 2 is 2.03 bits per heavy atom. The third-order valence-corrected chi connectivity index (χ3v) is 5.38. The fourth-order valence-electron chi connectivity index (χ4n) is 3.54. The van der Waals surface area contributed by atoms with Crippen LogP contribution in [0.5, 0.6) is 0 Å². The maximum atomic E-state index is 13.0. The average molecular weight is 392 g/mol. The number of benzene rings is 1. The molecule has 0 spiro atoms. The van der Waals surface area contributed by atoms with E-state index >= 15 is 0 Å². The van der Waals surface area contributed by atoms with Crippen LogP contribution in [0.1, 0.15) is 46.5 Å². The molecule has 150 valence electrons. The van der Waals surface area contributed by atoms with Crippen LogP contribution in [0.25, 0.3) is 10.9 Å². The molecular weight excluding hydrogens is 368 g/mol. The van der Waals surface area contributed by atoms with E-state index < -0.39 is 11.5 Å². The molecule has 0 radical (unpaired) electrons. The van der Waals surface area contributed by atoms with Gasteiger partial charge in [-0.15, -0.1) is 0 Å². The number of nitrogens with zero attached hydrogens (tertiary/aromatic N) is 1. The number of aromatic amines is 1. The number of hydrogen-bond acceptors (Lipinski definition) is 3. The summed E-state index contributed by atoms with van der Waals surface area (Å²) in [6, 6.07) is 9.31. The molecule has 1 aliphatic rings. The van der Waals surface area contributed by atoms with Crippen molar-refractivity contribution in [3.8, 4) is 0 Å². The molecule has 1 aliphatic carbocycles. The van der Waals surface area contributed by atoms with E-state index in [1.807, 2.05) is 30.5 Å². The fourth-order valence-corrected chi connectivity index (χ4v) is 3.54. The minimum atomic E-state index is -0.472. The number of rotatable bonds is 6. The topological polar surface area (TPSA) is 96.0 Å². The van der Waals surface area contributed by atoms with Crippen molar-refractivity contribution in [3.05, 3.63) is 69.8 Å². The second-order valence-electron chi connectivity index (χ2n) is 7.58. The van der Waals surface area contributed by atoms with E-state index in [0.717, 1.165) is 22.9 Å². The standard InChI is InChI=1S/C22H24N4O3/c1-3-23-21(28)17-10-15(20(27)25-19-9-13(19)2)12-26(22(17)29)11-14-5-4-6-18-16(14)7-8-24-18/h4-8,10,12-13,19,24H,3,9,11H2,1-2H3,(H,23,28)(H,25,27)/t13-,19-/m1/s1. The van der Waals surface area contributed by atoms with Gasteiger partial charge in [0.1, 0.15) is 5.56 Å². The fraction of sp³-hybridized carbons (Fsp3) is 0.318. The normalized spacial score (nSPS) is 17.9. The van der Waals surface area contributed by atoms with E-state index in [2.05, 4.69) is 22.5 Å². The predicted molar refractivity (Wildman–Crippen MR) is 111 cm³/mol. The van der Waals surface area contributed by atoms with Gasteiger partial charge in [0.05, 0.1) is 12.1 Å². The van der Waals surface area contributed by atoms with E-state index in [9.17, 15) is 14.4 Å². The molecule has 3 N–H and O–H groups in total. The molecule has 1 aromatic carbocycles. The zero-order valence-electron chi connectivity index (χ0n) is 16.5. The molecular formula is C22H24N4O3. The van der Waals surface area contributed by atoms with Crippen molar-refractivity contribution in [1.82, 2.24) is 20.2 Å². The van der Waals surface area contributed by atoms with E-state index in [0.29, 0.717) is 18.0 Å². The lowest BCUT2D eigenvalue weighted by molar-refractivity contribution is 0.0948. The van der Waals surface area contributed by atoms with Gasteiger partial charge in [0.2, 0.25) is 0 Å². The maximum Gasteiger partial charge on any atom is 0.263 e. The van der Waals surface area contributed by atoms with Gasteiger partial charge in [-0.05, 0) is 43.0 Å². The van der Waals surface area contributed by atoms with Crippen molar-refractivity contribution in [2.75, 3.05) is 6.54 Å². The molecule has 2 atom stereocenters. The summed E-state index contributed by atoms with van der Waals surface area (Å²) >= 11 is 0. The molecule has 1 saturated carbocycles. The van der Waals surface area contributed by atoms with Gasteiger partial charge >= 0.3 is 0 Å². The summed E-state index contributed by atoms with van der Waals surface area (Å²) in [5, 5.41) is 6.62. The van der Waals surface area contributed by atoms with Crippen molar-refractivity contribution >= 4 is 22.7 Å². The monoisotopic (exact) mass is 392 g/mol. The van der Waals surface area contributed by atoms with Crippen molar-refractivity contribution in [2.24, 2.45) is 5.92 Å². The lowest BCUT2D eigenvalue weighted by Crippen LogP contribution is -2.35. The molecule has 2 aromatic heterocycles. The second-order valence-corrected chi connectivity index (χ2v) is 7.58. The summed E-state index contributed by atoms with van der Waals surface area (Å²) in [6.07, 6.45) is 4.33. The van der Waals surface area contributed by atoms with Crippen LogP contribution in [0.4, 0.5) is 0 Å². The molecule has 7 heteroatoms. The first kappa shape index (κ1) is 19.0. The molecule has 0 aliphatic heterocycles. The molecule has 3 aromatic rings. The van der Waals surface area contributed by atoms with E-state index in [1.165, 1.54) is 10.6 Å². The van der Waals surface area contributed by atoms with E-state index in [-0.39, 0.29) is 24.1 Å². The van der Waals surface area contributed by atoms with Gasteiger partial charge in [0, 0.05) is 35.9 Å². The molecule has 29 heavy (non-hydrogen) atoms. The maximum absolute atomic E-state index is 13.0. The minimum absolute atomic E-state index is 0.0235. The summed E-state index contributed by atoms with van der Waals surface area (Å²) in [5.74, 6) is -0.280. The molecule has 2 amide bonds. The SMILES string of the molecule is CCNC(=O)c1cc(C(=O)N[C@@H]2C[C@H]2C)cn(Cc2cccc3[nH]ccc23)c1=O. The summed E-state index contributed by atoms with van der Waals surface area (Å²) in [7, 11) is 0. The number of hydrogen-bond donors (Lipinski definition) is 3. The van der Waals surface area contributed by atoms with Crippen LogP contribution in [0.2, 0.25) is 0 Å². The summed E-state index contributed by atoms with van der Waals surface area (Å²) in [6.45, 7) is 4.52. The second kappa shape index (κ2) is 7.58. The largest absolute Gasteiger partial charge is 0.361 e. The Morgan fingerprint density at radius 1 is 1.24 bits per heavy atom. The molecule has 4 rings (SSSR count). The van der Waals surface area contributed by atoms with Crippen LogP contribution < -0.4 is 16.2 Å². The Hall–Kier alpha value is -3.35. The molecule has 2 heterocycles. The van der Waals surface area contributed by atoms with Crippen molar-refractivity contribution in [3.63, 3.8) is 0 Å². The van der Waals surface area contributed by atoms with Gasteiger partial charge in [0.15, 0.2) is 0 Å². The molecule has 7 nitrogen and oxygen atoms in total. The van der Waals surface area contributed by atoms with Crippen LogP contribution >= 0.6 is 0 Å². The lowest BCUT2D eigenvalue weighted by Gasteiger charge is -2.13. The quantitative estimate of drug-likeness (QED) is 0.600. The Bertz CT molecular complexity index is 1140. The van der Waals surface area contributed by atoms with Gasteiger partial charge in [0.25, 0.3) is 17.4 Å². The van der Waals surface area contributed by atoms with Gasteiger partial charge in [-0.25, -0.2) is 0 Å². The van der Waals surface area contributed by atoms with Crippen molar-refractivity contribution in [1.29, 1.82) is 0 Å². The number of H-pyrrole nitrogens is 1. The highest BCUT2D eigenvalue weighted by Crippen LogP contribution is 2.29. The van der Waals surface area contributed by atoms with Crippen LogP contribution in [0.15, 0.2) is 47.5 Å². The number of nitrogens with one attached hydrogen (secondary N) is 3. The number of carbonyl (C=O) groups is 2. The van der Waals surface area contributed by atoms with Gasteiger partial charge in [-0.3, -0.25) is 14.4 Å². The molecule has 1 fully saturated rings. The smallest absolute Gasteiger partial charge is 0.263 e. The molecule has 0 saturated heterocycles. The number of amides is 2. The van der Waals surface area contributed by atoms with Crippen LogP contribution in [0.3, 0.4) is 0 Å².